The lowest BCUT2D eigenvalue weighted by Gasteiger charge is -1.82. The van der Waals surface area contributed by atoms with Gasteiger partial charge in [0, 0.05) is 17.5 Å². The van der Waals surface area contributed by atoms with E-state index in [1.165, 1.54) is 18.4 Å². The number of ether oxygens (including phenoxy) is 1. The molecule has 0 aromatic carbocycles. The number of aromatic nitrogens is 1. The quantitative estimate of drug-likeness (QED) is 0.421. The van der Waals surface area contributed by atoms with Crippen LogP contribution in [0, 0.1) is 11.8 Å². The van der Waals surface area contributed by atoms with Crippen LogP contribution in [0.5, 0.6) is 0 Å². The highest BCUT2D eigenvalue weighted by Crippen LogP contribution is 2.00. The fourth-order valence-corrected chi connectivity index (χ4v) is 0.923. The van der Waals surface area contributed by atoms with E-state index in [2.05, 4.69) is 21.6 Å². The highest BCUT2D eigenvalue weighted by molar-refractivity contribution is 7.10. The summed E-state index contributed by atoms with van der Waals surface area (Å²) < 4.78 is 4.31. The molecule has 56 valence electrons. The van der Waals surface area contributed by atoms with Crippen LogP contribution in [-0.4, -0.2) is 18.1 Å². The number of esters is 1. The summed E-state index contributed by atoms with van der Waals surface area (Å²) >= 11 is 1.38. The molecule has 1 heterocycles. The van der Waals surface area contributed by atoms with Gasteiger partial charge in [0.25, 0.3) is 0 Å². The highest BCUT2D eigenvalue weighted by Gasteiger charge is 1.90. The first kappa shape index (κ1) is 7.76. The Balaban J connectivity index is 2.66. The number of hydrogen-bond donors (Lipinski definition) is 0. The van der Waals surface area contributed by atoms with Crippen LogP contribution in [0.3, 0.4) is 0 Å². The predicted octanol–water partition coefficient (Wildman–Crippen LogP) is 0.668. The second-order valence-corrected chi connectivity index (χ2v) is 2.47. The van der Waals surface area contributed by atoms with Crippen molar-refractivity contribution in [1.29, 1.82) is 0 Å². The molecular formula is C7H5NO2S. The molecule has 0 fully saturated rings. The molecule has 1 aromatic rings. The first-order valence-corrected chi connectivity index (χ1v) is 3.70. The van der Waals surface area contributed by atoms with Crippen molar-refractivity contribution >= 4 is 17.3 Å². The Labute approximate surface area is 68.0 Å². The van der Waals surface area contributed by atoms with Gasteiger partial charge in [0.15, 0.2) is 5.01 Å². The molecule has 4 heteroatoms. The fraction of sp³-hybridized carbons (Fsp3) is 0.143. The molecule has 0 saturated carbocycles. The Morgan fingerprint density at radius 2 is 2.64 bits per heavy atom. The van der Waals surface area contributed by atoms with Gasteiger partial charge in [-0.15, -0.1) is 11.3 Å². The fourth-order valence-electron chi connectivity index (χ4n) is 0.441. The van der Waals surface area contributed by atoms with Crippen LogP contribution in [0.2, 0.25) is 0 Å². The summed E-state index contributed by atoms with van der Waals surface area (Å²) in [4.78, 5) is 14.3. The third-order valence-electron chi connectivity index (χ3n) is 0.889. The third-order valence-corrected chi connectivity index (χ3v) is 1.58. The molecule has 0 atom stereocenters. The summed E-state index contributed by atoms with van der Waals surface area (Å²) in [5.41, 5.74) is 0. The summed E-state index contributed by atoms with van der Waals surface area (Å²) in [6.07, 6.45) is 1.63. The van der Waals surface area contributed by atoms with E-state index in [4.69, 9.17) is 0 Å². The first-order valence-electron chi connectivity index (χ1n) is 2.82. The van der Waals surface area contributed by atoms with Crippen molar-refractivity contribution in [1.82, 2.24) is 4.98 Å². The number of carbonyl (C=O) groups is 1. The standard InChI is InChI=1S/C7H5NO2S/c1-10-7(9)3-2-6-8-4-5-11-6/h4-5H,1H3. The van der Waals surface area contributed by atoms with Crippen molar-refractivity contribution in [2.75, 3.05) is 7.11 Å². The van der Waals surface area contributed by atoms with Gasteiger partial charge in [-0.1, -0.05) is 0 Å². The lowest BCUT2D eigenvalue weighted by atomic mass is 10.6. The maximum atomic E-state index is 10.5. The van der Waals surface area contributed by atoms with Gasteiger partial charge in [-0.25, -0.2) is 9.78 Å². The smallest absolute Gasteiger partial charge is 0.384 e. The zero-order valence-electron chi connectivity index (χ0n) is 5.83. The van der Waals surface area contributed by atoms with Crippen LogP contribution in [0.15, 0.2) is 11.6 Å². The Morgan fingerprint density at radius 3 is 3.18 bits per heavy atom. The van der Waals surface area contributed by atoms with Crippen molar-refractivity contribution in [3.63, 3.8) is 0 Å². The van der Waals surface area contributed by atoms with E-state index in [1.54, 1.807) is 11.6 Å². The average molecular weight is 167 g/mol. The van der Waals surface area contributed by atoms with E-state index < -0.39 is 5.97 Å². The molecule has 0 amide bonds. The molecule has 0 bridgehead atoms. The van der Waals surface area contributed by atoms with Crippen molar-refractivity contribution < 1.29 is 9.53 Å². The summed E-state index contributed by atoms with van der Waals surface area (Å²) in [6, 6.07) is 0. The number of hydrogen-bond acceptors (Lipinski definition) is 4. The lowest BCUT2D eigenvalue weighted by Crippen LogP contribution is -1.94. The van der Waals surface area contributed by atoms with Crippen LogP contribution >= 0.6 is 11.3 Å². The van der Waals surface area contributed by atoms with Gasteiger partial charge in [0.05, 0.1) is 7.11 Å². The molecule has 1 aromatic heterocycles. The summed E-state index contributed by atoms with van der Waals surface area (Å²) in [5.74, 6) is 4.29. The minimum absolute atomic E-state index is 0.541. The largest absolute Gasteiger partial charge is 0.459 e. The monoisotopic (exact) mass is 167 g/mol. The van der Waals surface area contributed by atoms with Gasteiger partial charge in [0.1, 0.15) is 0 Å². The van der Waals surface area contributed by atoms with Gasteiger partial charge < -0.3 is 4.74 Å². The third kappa shape index (κ3) is 2.40. The van der Waals surface area contributed by atoms with Crippen molar-refractivity contribution in [2.45, 2.75) is 0 Å². The van der Waals surface area contributed by atoms with Crippen LogP contribution in [-0.2, 0) is 9.53 Å². The van der Waals surface area contributed by atoms with Gasteiger partial charge in [0.2, 0.25) is 0 Å². The minimum atomic E-state index is -0.541. The maximum absolute atomic E-state index is 10.5. The second-order valence-electron chi connectivity index (χ2n) is 1.58. The van der Waals surface area contributed by atoms with E-state index in [1.807, 2.05) is 0 Å². The van der Waals surface area contributed by atoms with E-state index in [0.29, 0.717) is 5.01 Å². The van der Waals surface area contributed by atoms with Crippen molar-refractivity contribution in [3.05, 3.63) is 16.6 Å². The van der Waals surface area contributed by atoms with E-state index in [9.17, 15) is 4.79 Å². The molecule has 1 rings (SSSR count). The number of carbonyl (C=O) groups excluding carboxylic acids is 1. The highest BCUT2D eigenvalue weighted by atomic mass is 32.1. The zero-order chi connectivity index (χ0) is 8.10. The first-order chi connectivity index (χ1) is 5.33. The normalized spacial score (nSPS) is 8.09. The Bertz CT molecular complexity index is 294. The molecular weight excluding hydrogens is 162 g/mol. The number of rotatable bonds is 0. The SMILES string of the molecule is COC(=O)C#Cc1nccs1. The minimum Gasteiger partial charge on any atom is -0.459 e. The van der Waals surface area contributed by atoms with Crippen LogP contribution < -0.4 is 0 Å². The molecule has 0 N–H and O–H groups in total. The van der Waals surface area contributed by atoms with Gasteiger partial charge in [-0.05, 0) is 5.92 Å². The molecule has 0 aliphatic heterocycles. The van der Waals surface area contributed by atoms with Gasteiger partial charge >= 0.3 is 5.97 Å². The summed E-state index contributed by atoms with van der Waals surface area (Å²) in [7, 11) is 1.29. The molecule has 0 radical (unpaired) electrons. The van der Waals surface area contributed by atoms with E-state index >= 15 is 0 Å². The number of methoxy groups -OCH3 is 1. The Kier molecular flexibility index (Phi) is 2.64. The average Bonchev–Trinajstić information content (AvgIpc) is 2.52. The van der Waals surface area contributed by atoms with Crippen molar-refractivity contribution in [3.8, 4) is 11.8 Å². The van der Waals surface area contributed by atoms with Gasteiger partial charge in [-0.2, -0.15) is 0 Å². The Morgan fingerprint density at radius 1 is 1.82 bits per heavy atom. The molecule has 0 saturated heterocycles. The predicted molar refractivity (Wildman–Crippen MR) is 41.0 cm³/mol. The van der Waals surface area contributed by atoms with E-state index in [0.717, 1.165) is 0 Å². The number of thiazole rings is 1. The molecule has 0 spiro atoms. The second kappa shape index (κ2) is 3.74. The number of nitrogens with zero attached hydrogens (tertiary/aromatic N) is 1. The maximum Gasteiger partial charge on any atom is 0.384 e. The molecule has 3 nitrogen and oxygen atoms in total. The van der Waals surface area contributed by atoms with Crippen LogP contribution in [0.1, 0.15) is 5.01 Å². The summed E-state index contributed by atoms with van der Waals surface area (Å²) in [6.45, 7) is 0. The Hall–Kier alpha value is -1.34. The zero-order valence-corrected chi connectivity index (χ0v) is 6.64. The molecule has 0 unspecified atom stereocenters. The lowest BCUT2D eigenvalue weighted by molar-refractivity contribution is -0.133. The van der Waals surface area contributed by atoms with E-state index in [-0.39, 0.29) is 0 Å². The topological polar surface area (TPSA) is 39.2 Å². The van der Waals surface area contributed by atoms with Crippen LogP contribution in [0.25, 0.3) is 0 Å². The van der Waals surface area contributed by atoms with Crippen LogP contribution in [0.4, 0.5) is 0 Å². The van der Waals surface area contributed by atoms with Gasteiger partial charge in [-0.3, -0.25) is 0 Å². The molecule has 0 aliphatic carbocycles. The molecule has 0 aliphatic rings. The summed E-state index contributed by atoms with van der Waals surface area (Å²) in [5, 5.41) is 2.41. The van der Waals surface area contributed by atoms with Crippen molar-refractivity contribution in [2.24, 2.45) is 0 Å². The molecule has 11 heavy (non-hydrogen) atoms.